The molecule has 54 heavy (non-hydrogen) atoms. The quantitative estimate of drug-likeness (QED) is 0.168. The molecular weight excluding hydrogens is 655 g/mol. The van der Waals surface area contributed by atoms with Gasteiger partial charge in [0.15, 0.2) is 0 Å². The van der Waals surface area contributed by atoms with E-state index < -0.39 is 0 Å². The Morgan fingerprint density at radius 1 is 0.278 bits per heavy atom. The zero-order chi connectivity index (χ0) is 35.6. The van der Waals surface area contributed by atoms with Gasteiger partial charge in [-0.15, -0.1) is 0 Å². The molecule has 0 fully saturated rings. The average molecular weight is 688 g/mol. The number of hydrogen-bond acceptors (Lipinski definition) is 2. The molecule has 0 bridgehead atoms. The minimum Gasteiger partial charge on any atom is -0.456 e. The van der Waals surface area contributed by atoms with Gasteiger partial charge in [0, 0.05) is 33.9 Å². The van der Waals surface area contributed by atoms with Crippen LogP contribution in [0.3, 0.4) is 0 Å². The van der Waals surface area contributed by atoms with E-state index in [1.165, 1.54) is 65.3 Å². The summed E-state index contributed by atoms with van der Waals surface area (Å²) in [6.07, 6.45) is 0. The Bertz CT molecular complexity index is 3190. The predicted molar refractivity (Wildman–Crippen MR) is 229 cm³/mol. The summed E-state index contributed by atoms with van der Waals surface area (Å²) in [7, 11) is 0. The van der Waals surface area contributed by atoms with Crippen LogP contribution in [0.1, 0.15) is 0 Å². The van der Waals surface area contributed by atoms with Crippen molar-refractivity contribution in [2.75, 3.05) is 4.90 Å². The van der Waals surface area contributed by atoms with Gasteiger partial charge in [0.25, 0.3) is 0 Å². The fourth-order valence-corrected chi connectivity index (χ4v) is 8.48. The van der Waals surface area contributed by atoms with Crippen LogP contribution in [0.4, 0.5) is 17.1 Å². The average Bonchev–Trinajstić information content (AvgIpc) is 3.62. The first-order chi connectivity index (χ1) is 26.8. The second-order valence-electron chi connectivity index (χ2n) is 14.1. The van der Waals surface area contributed by atoms with E-state index in [-0.39, 0.29) is 0 Å². The van der Waals surface area contributed by atoms with Crippen molar-refractivity contribution in [2.45, 2.75) is 0 Å². The third kappa shape index (κ3) is 4.88. The molecule has 0 saturated carbocycles. The highest BCUT2D eigenvalue weighted by Gasteiger charge is 2.18. The molecule has 0 saturated heterocycles. The van der Waals surface area contributed by atoms with Gasteiger partial charge in [0.2, 0.25) is 0 Å². The molecule has 0 N–H and O–H groups in total. The number of hydrogen-bond donors (Lipinski definition) is 0. The lowest BCUT2D eigenvalue weighted by Gasteiger charge is -2.26. The van der Waals surface area contributed by atoms with Crippen molar-refractivity contribution in [3.05, 3.63) is 200 Å². The van der Waals surface area contributed by atoms with Crippen LogP contribution in [-0.2, 0) is 0 Å². The lowest BCUT2D eigenvalue weighted by atomic mass is 9.94. The molecule has 0 atom stereocenters. The highest BCUT2D eigenvalue weighted by molar-refractivity contribution is 6.25. The van der Waals surface area contributed by atoms with E-state index in [1.54, 1.807) is 0 Å². The fraction of sp³-hybridized carbons (Fsp3) is 0. The third-order valence-electron chi connectivity index (χ3n) is 11.0. The molecule has 0 radical (unpaired) electrons. The van der Waals surface area contributed by atoms with Crippen LogP contribution in [0, 0.1) is 0 Å². The summed E-state index contributed by atoms with van der Waals surface area (Å²) >= 11 is 0. The Kier molecular flexibility index (Phi) is 6.90. The highest BCUT2D eigenvalue weighted by atomic mass is 16.3. The van der Waals surface area contributed by atoms with Gasteiger partial charge in [-0.05, 0) is 114 Å². The fourth-order valence-electron chi connectivity index (χ4n) is 8.48. The second-order valence-corrected chi connectivity index (χ2v) is 14.1. The Hall–Kier alpha value is -7.16. The number of fused-ring (bicyclic) bond motifs is 10. The maximum absolute atomic E-state index is 6.42. The summed E-state index contributed by atoms with van der Waals surface area (Å²) in [5.74, 6) is 0. The minimum absolute atomic E-state index is 0.873. The molecule has 252 valence electrons. The molecule has 0 aliphatic carbocycles. The van der Waals surface area contributed by atoms with E-state index in [4.69, 9.17) is 4.42 Å². The largest absolute Gasteiger partial charge is 0.456 e. The molecule has 2 nitrogen and oxygen atoms in total. The SMILES string of the molecule is c1cc(-c2ccc(N(c3ccc4c(c3)oc3ccccc34)c3ccc4c5ccccc5c5ccccc5c4c3)cc2)cc(-c2cccc3ccccc23)c1. The summed E-state index contributed by atoms with van der Waals surface area (Å²) in [6.45, 7) is 0. The van der Waals surface area contributed by atoms with Crippen LogP contribution in [-0.4, -0.2) is 0 Å². The van der Waals surface area contributed by atoms with Gasteiger partial charge in [-0.2, -0.15) is 0 Å². The van der Waals surface area contributed by atoms with E-state index in [0.29, 0.717) is 0 Å². The summed E-state index contributed by atoms with van der Waals surface area (Å²) < 4.78 is 6.42. The van der Waals surface area contributed by atoms with E-state index in [0.717, 1.165) is 39.0 Å². The first kappa shape index (κ1) is 30.5. The molecule has 11 rings (SSSR count). The summed E-state index contributed by atoms with van der Waals surface area (Å²) in [6, 6.07) is 72.3. The van der Waals surface area contributed by atoms with Crippen molar-refractivity contribution < 1.29 is 4.42 Å². The molecule has 1 aromatic heterocycles. The molecule has 10 aromatic carbocycles. The molecule has 0 aliphatic heterocycles. The van der Waals surface area contributed by atoms with Crippen LogP contribution < -0.4 is 4.90 Å². The summed E-state index contributed by atoms with van der Waals surface area (Å²) in [4.78, 5) is 2.35. The van der Waals surface area contributed by atoms with Crippen molar-refractivity contribution in [3.63, 3.8) is 0 Å². The van der Waals surface area contributed by atoms with Crippen LogP contribution in [0.25, 0.3) is 87.3 Å². The zero-order valence-electron chi connectivity index (χ0n) is 29.4. The van der Waals surface area contributed by atoms with Gasteiger partial charge in [-0.1, -0.05) is 146 Å². The smallest absolute Gasteiger partial charge is 0.137 e. The lowest BCUT2D eigenvalue weighted by molar-refractivity contribution is 0.669. The van der Waals surface area contributed by atoms with Crippen molar-refractivity contribution in [2.24, 2.45) is 0 Å². The summed E-state index contributed by atoms with van der Waals surface area (Å²) in [5.41, 5.74) is 9.79. The number of para-hydroxylation sites is 1. The molecule has 0 aliphatic rings. The maximum atomic E-state index is 6.42. The van der Waals surface area contributed by atoms with Crippen molar-refractivity contribution in [1.82, 2.24) is 0 Å². The maximum Gasteiger partial charge on any atom is 0.137 e. The monoisotopic (exact) mass is 687 g/mol. The first-order valence-corrected chi connectivity index (χ1v) is 18.5. The predicted octanol–water partition coefficient (Wildman–Crippen LogP) is 15.0. The number of nitrogens with zero attached hydrogens (tertiary/aromatic N) is 1. The highest BCUT2D eigenvalue weighted by Crippen LogP contribution is 2.43. The van der Waals surface area contributed by atoms with Gasteiger partial charge in [0.05, 0.1) is 0 Å². The summed E-state index contributed by atoms with van der Waals surface area (Å²) in [5, 5.41) is 12.3. The van der Waals surface area contributed by atoms with Gasteiger partial charge in [-0.25, -0.2) is 0 Å². The third-order valence-corrected chi connectivity index (χ3v) is 11.0. The molecule has 2 heteroatoms. The molecule has 0 unspecified atom stereocenters. The normalized spacial score (nSPS) is 11.7. The van der Waals surface area contributed by atoms with Gasteiger partial charge in [-0.3, -0.25) is 0 Å². The topological polar surface area (TPSA) is 16.4 Å². The van der Waals surface area contributed by atoms with Crippen molar-refractivity contribution >= 4 is 82.1 Å². The Morgan fingerprint density at radius 3 is 1.56 bits per heavy atom. The Balaban J connectivity index is 1.07. The Morgan fingerprint density at radius 2 is 0.796 bits per heavy atom. The number of rotatable bonds is 5. The van der Waals surface area contributed by atoms with Gasteiger partial charge >= 0.3 is 0 Å². The van der Waals surface area contributed by atoms with E-state index in [1.807, 2.05) is 12.1 Å². The van der Waals surface area contributed by atoms with Crippen LogP contribution >= 0.6 is 0 Å². The first-order valence-electron chi connectivity index (χ1n) is 18.5. The number of benzene rings is 10. The van der Waals surface area contributed by atoms with E-state index in [2.05, 4.69) is 193 Å². The number of furan rings is 1. The van der Waals surface area contributed by atoms with Crippen LogP contribution in [0.15, 0.2) is 205 Å². The lowest BCUT2D eigenvalue weighted by Crippen LogP contribution is -2.09. The van der Waals surface area contributed by atoms with Crippen molar-refractivity contribution in [1.29, 1.82) is 0 Å². The second kappa shape index (κ2) is 12.2. The van der Waals surface area contributed by atoms with Gasteiger partial charge < -0.3 is 9.32 Å². The van der Waals surface area contributed by atoms with E-state index >= 15 is 0 Å². The zero-order valence-corrected chi connectivity index (χ0v) is 29.4. The van der Waals surface area contributed by atoms with Crippen molar-refractivity contribution in [3.8, 4) is 22.3 Å². The molecule has 11 aromatic rings. The van der Waals surface area contributed by atoms with Crippen LogP contribution in [0.2, 0.25) is 0 Å². The molecule has 0 spiro atoms. The van der Waals surface area contributed by atoms with Gasteiger partial charge in [0.1, 0.15) is 11.2 Å². The molecular formula is C52H33NO. The minimum atomic E-state index is 0.873. The number of anilines is 3. The molecule has 0 amide bonds. The molecule has 1 heterocycles. The Labute approximate surface area is 312 Å². The van der Waals surface area contributed by atoms with E-state index in [9.17, 15) is 0 Å². The standard InChI is InChI=1S/C52H33NO/c1-2-15-41-35(11-1)12-10-21-42(41)37-14-9-13-36(31-37)34-23-25-38(26-24-34)53(40-28-30-49-48-20-7-8-22-51(48)54-52(49)33-40)39-27-29-47-45-18-4-3-16-43(45)44-17-5-6-19-46(44)50(47)32-39/h1-33H. The van der Waals surface area contributed by atoms with Crippen LogP contribution in [0.5, 0.6) is 0 Å².